The van der Waals surface area contributed by atoms with E-state index in [0.29, 0.717) is 0 Å². The van der Waals surface area contributed by atoms with Gasteiger partial charge in [-0.05, 0) is 56.3 Å². The molecular weight excluding hydrogens is 322 g/mol. The van der Waals surface area contributed by atoms with E-state index in [1.54, 1.807) is 0 Å². The second-order valence-corrected chi connectivity index (χ2v) is 7.51. The van der Waals surface area contributed by atoms with Gasteiger partial charge in [0.2, 0.25) is 0 Å². The molecule has 0 spiro atoms. The molecule has 1 aliphatic heterocycles. The van der Waals surface area contributed by atoms with Crippen molar-refractivity contribution in [3.8, 4) is 0 Å². The summed E-state index contributed by atoms with van der Waals surface area (Å²) in [5.74, 6) is -0.704. The Morgan fingerprint density at radius 1 is 1.08 bits per heavy atom. The molecule has 1 fully saturated rings. The van der Waals surface area contributed by atoms with Gasteiger partial charge in [0.1, 0.15) is 6.04 Å². The van der Waals surface area contributed by atoms with Crippen LogP contribution >= 0.6 is 0 Å². The molecule has 1 saturated heterocycles. The van der Waals surface area contributed by atoms with E-state index in [-0.39, 0.29) is 6.04 Å². The quantitative estimate of drug-likeness (QED) is 0.833. The van der Waals surface area contributed by atoms with Crippen LogP contribution in [0.2, 0.25) is 0 Å². The number of carbonyl (C=O) groups is 1. The van der Waals surface area contributed by atoms with Gasteiger partial charge in [-0.25, -0.2) is 0 Å². The molecule has 1 aliphatic rings. The van der Waals surface area contributed by atoms with Crippen molar-refractivity contribution in [2.45, 2.75) is 58.5 Å². The number of likely N-dealkylation sites (tertiary alicyclic amines) is 1. The summed E-state index contributed by atoms with van der Waals surface area (Å²) in [6.45, 7) is 7.20. The van der Waals surface area contributed by atoms with Gasteiger partial charge in [-0.3, -0.25) is 9.69 Å². The largest absolute Gasteiger partial charge is 0.480 e. The first kappa shape index (κ1) is 18.7. The van der Waals surface area contributed by atoms with Gasteiger partial charge in [-0.1, -0.05) is 66.9 Å². The van der Waals surface area contributed by atoms with E-state index >= 15 is 0 Å². The summed E-state index contributed by atoms with van der Waals surface area (Å²) >= 11 is 0. The molecule has 0 aromatic heterocycles. The van der Waals surface area contributed by atoms with Crippen LogP contribution in [0.15, 0.2) is 42.5 Å². The van der Waals surface area contributed by atoms with Crippen molar-refractivity contribution < 1.29 is 9.90 Å². The molecule has 1 N–H and O–H groups in total. The molecule has 2 unspecified atom stereocenters. The van der Waals surface area contributed by atoms with Gasteiger partial charge in [0.05, 0.1) is 6.04 Å². The molecule has 138 valence electrons. The number of aryl methyl sites for hydroxylation is 3. The van der Waals surface area contributed by atoms with Gasteiger partial charge < -0.3 is 5.11 Å². The predicted molar refractivity (Wildman–Crippen MR) is 106 cm³/mol. The van der Waals surface area contributed by atoms with E-state index in [1.165, 1.54) is 27.8 Å². The van der Waals surface area contributed by atoms with Crippen molar-refractivity contribution in [3.63, 3.8) is 0 Å². The Balaban J connectivity index is 2.09. The minimum atomic E-state index is -0.704. The van der Waals surface area contributed by atoms with Crippen LogP contribution < -0.4 is 0 Å². The van der Waals surface area contributed by atoms with Crippen LogP contribution in [0.4, 0.5) is 0 Å². The van der Waals surface area contributed by atoms with Crippen LogP contribution in [0.5, 0.6) is 0 Å². The van der Waals surface area contributed by atoms with Crippen molar-refractivity contribution in [3.05, 3.63) is 70.3 Å². The normalized spacial score (nSPS) is 19.3. The Morgan fingerprint density at radius 3 is 2.31 bits per heavy atom. The van der Waals surface area contributed by atoms with Gasteiger partial charge in [0, 0.05) is 0 Å². The first-order valence-electron chi connectivity index (χ1n) is 9.65. The third kappa shape index (κ3) is 3.99. The van der Waals surface area contributed by atoms with Crippen LogP contribution in [0.25, 0.3) is 0 Å². The number of benzene rings is 2. The zero-order valence-corrected chi connectivity index (χ0v) is 16.0. The van der Waals surface area contributed by atoms with E-state index in [9.17, 15) is 9.90 Å². The number of nitrogens with zero attached hydrogens (tertiary/aromatic N) is 1. The van der Waals surface area contributed by atoms with E-state index in [0.717, 1.165) is 32.2 Å². The van der Waals surface area contributed by atoms with Gasteiger partial charge in [-0.2, -0.15) is 0 Å². The molecule has 0 aliphatic carbocycles. The summed E-state index contributed by atoms with van der Waals surface area (Å²) in [5.41, 5.74) is 6.12. The molecule has 2 aromatic carbocycles. The van der Waals surface area contributed by atoms with E-state index < -0.39 is 12.0 Å². The second kappa shape index (κ2) is 8.05. The number of hydrogen-bond donors (Lipinski definition) is 1. The molecule has 2 atom stereocenters. The van der Waals surface area contributed by atoms with Crippen LogP contribution in [0.3, 0.4) is 0 Å². The SMILES string of the molecule is CCc1ccc(C(c2cc(C)cc(C)c2)N2CCCCC2C(=O)O)cc1. The molecular formula is C23H29NO2. The summed E-state index contributed by atoms with van der Waals surface area (Å²) in [6.07, 6.45) is 3.78. The predicted octanol–water partition coefficient (Wildman–Crippen LogP) is 4.89. The fourth-order valence-electron chi connectivity index (χ4n) is 4.21. The zero-order valence-electron chi connectivity index (χ0n) is 16.0. The molecule has 2 aromatic rings. The lowest BCUT2D eigenvalue weighted by atomic mass is 9.90. The fraction of sp³-hybridized carbons (Fsp3) is 0.435. The Morgan fingerprint density at radius 2 is 1.73 bits per heavy atom. The molecule has 3 heteroatoms. The maximum atomic E-state index is 11.9. The molecule has 0 radical (unpaired) electrons. The number of aliphatic carboxylic acids is 1. The molecule has 1 heterocycles. The Kier molecular flexibility index (Phi) is 5.77. The van der Waals surface area contributed by atoms with E-state index in [1.807, 2.05) is 0 Å². The summed E-state index contributed by atoms with van der Waals surface area (Å²) < 4.78 is 0. The maximum absolute atomic E-state index is 11.9. The first-order chi connectivity index (χ1) is 12.5. The summed E-state index contributed by atoms with van der Waals surface area (Å²) in [4.78, 5) is 14.1. The van der Waals surface area contributed by atoms with Gasteiger partial charge in [0.25, 0.3) is 0 Å². The standard InChI is InChI=1S/C23H29NO2/c1-4-18-8-10-19(11-9-18)22(20-14-16(2)13-17(3)15-20)24-12-6-5-7-21(24)23(25)26/h8-11,13-15,21-22H,4-7,12H2,1-3H3,(H,25,26). The highest BCUT2D eigenvalue weighted by Gasteiger charge is 2.35. The van der Waals surface area contributed by atoms with Crippen molar-refractivity contribution in [2.24, 2.45) is 0 Å². The van der Waals surface area contributed by atoms with Crippen molar-refractivity contribution in [2.75, 3.05) is 6.54 Å². The van der Waals surface area contributed by atoms with Crippen LogP contribution in [0, 0.1) is 13.8 Å². The minimum absolute atomic E-state index is 0.0130. The van der Waals surface area contributed by atoms with Crippen LogP contribution in [0.1, 0.15) is 60.0 Å². The lowest BCUT2D eigenvalue weighted by Gasteiger charge is -2.40. The Hall–Kier alpha value is -2.13. The van der Waals surface area contributed by atoms with E-state index in [2.05, 4.69) is 68.1 Å². The lowest BCUT2D eigenvalue weighted by molar-refractivity contribution is -0.145. The average Bonchev–Trinajstić information content (AvgIpc) is 2.62. The monoisotopic (exact) mass is 351 g/mol. The zero-order chi connectivity index (χ0) is 18.7. The maximum Gasteiger partial charge on any atom is 0.320 e. The van der Waals surface area contributed by atoms with E-state index in [4.69, 9.17) is 0 Å². The minimum Gasteiger partial charge on any atom is -0.480 e. The number of carboxylic acids is 1. The van der Waals surface area contributed by atoms with Gasteiger partial charge in [-0.15, -0.1) is 0 Å². The number of rotatable bonds is 5. The fourth-order valence-corrected chi connectivity index (χ4v) is 4.21. The van der Waals surface area contributed by atoms with Crippen molar-refractivity contribution in [1.29, 1.82) is 0 Å². The lowest BCUT2D eigenvalue weighted by Crippen LogP contribution is -2.46. The third-order valence-corrected chi connectivity index (χ3v) is 5.42. The van der Waals surface area contributed by atoms with Crippen molar-refractivity contribution in [1.82, 2.24) is 4.90 Å². The smallest absolute Gasteiger partial charge is 0.320 e. The number of carboxylic acid groups (broad SMARTS) is 1. The van der Waals surface area contributed by atoms with Crippen molar-refractivity contribution >= 4 is 5.97 Å². The molecule has 0 amide bonds. The molecule has 0 saturated carbocycles. The Bertz CT molecular complexity index is 746. The van der Waals surface area contributed by atoms with Gasteiger partial charge in [0.15, 0.2) is 0 Å². The van der Waals surface area contributed by atoms with Crippen LogP contribution in [-0.2, 0) is 11.2 Å². The molecule has 3 nitrogen and oxygen atoms in total. The number of piperidine rings is 1. The third-order valence-electron chi connectivity index (χ3n) is 5.42. The summed E-state index contributed by atoms with van der Waals surface area (Å²) in [7, 11) is 0. The number of hydrogen-bond acceptors (Lipinski definition) is 2. The highest BCUT2D eigenvalue weighted by molar-refractivity contribution is 5.73. The second-order valence-electron chi connectivity index (χ2n) is 7.51. The highest BCUT2D eigenvalue weighted by Crippen LogP contribution is 2.35. The summed E-state index contributed by atoms with van der Waals surface area (Å²) in [5, 5.41) is 9.80. The molecule has 26 heavy (non-hydrogen) atoms. The summed E-state index contributed by atoms with van der Waals surface area (Å²) in [6, 6.07) is 14.9. The van der Waals surface area contributed by atoms with Gasteiger partial charge >= 0.3 is 5.97 Å². The molecule has 3 rings (SSSR count). The molecule has 0 bridgehead atoms. The topological polar surface area (TPSA) is 40.5 Å². The first-order valence-corrected chi connectivity index (χ1v) is 9.65. The van der Waals surface area contributed by atoms with Crippen LogP contribution in [-0.4, -0.2) is 28.6 Å². The highest BCUT2D eigenvalue weighted by atomic mass is 16.4. The average molecular weight is 351 g/mol. The Labute approximate surface area is 156 Å².